The molecule has 6 nitrogen and oxygen atoms in total. The molecule has 0 aliphatic rings. The van der Waals surface area contributed by atoms with Gasteiger partial charge in [-0.05, 0) is 49.0 Å². The number of amides is 1. The largest absolute Gasteiger partial charge is 0.298 e. The van der Waals surface area contributed by atoms with Crippen molar-refractivity contribution in [2.45, 2.75) is 17.8 Å². The summed E-state index contributed by atoms with van der Waals surface area (Å²) < 4.78 is 1.65. The molecule has 0 saturated carbocycles. The summed E-state index contributed by atoms with van der Waals surface area (Å²) in [6.07, 6.45) is 0. The number of carbonyl (C=O) groups excluding carboxylic acids is 1. The fourth-order valence-electron chi connectivity index (χ4n) is 2.19. The second kappa shape index (κ2) is 8.98. The number of nitrogens with one attached hydrogen (secondary N) is 2. The van der Waals surface area contributed by atoms with Crippen LogP contribution in [-0.2, 0) is 5.75 Å². The molecule has 0 bridgehead atoms. The van der Waals surface area contributed by atoms with Crippen molar-refractivity contribution in [3.63, 3.8) is 0 Å². The Kier molecular flexibility index (Phi) is 6.44. The number of rotatable bonds is 5. The van der Waals surface area contributed by atoms with Gasteiger partial charge in [0.1, 0.15) is 5.82 Å². The van der Waals surface area contributed by atoms with E-state index in [1.165, 1.54) is 17.3 Å². The number of nitrogens with zero attached hydrogens (tertiary/aromatic N) is 3. The third-order valence-electron chi connectivity index (χ3n) is 3.55. The molecular formula is C18H16ClN5OS2. The van der Waals surface area contributed by atoms with Crippen LogP contribution in [0.25, 0.3) is 0 Å². The Morgan fingerprint density at radius 1 is 1.15 bits per heavy atom. The fourth-order valence-corrected chi connectivity index (χ4v) is 3.40. The van der Waals surface area contributed by atoms with Gasteiger partial charge in [0.15, 0.2) is 5.11 Å². The Balaban J connectivity index is 1.62. The Morgan fingerprint density at radius 2 is 1.85 bits per heavy atom. The van der Waals surface area contributed by atoms with E-state index in [9.17, 15) is 4.79 Å². The van der Waals surface area contributed by atoms with Gasteiger partial charge in [0.05, 0.1) is 0 Å². The van der Waals surface area contributed by atoms with E-state index in [0.29, 0.717) is 21.6 Å². The van der Waals surface area contributed by atoms with E-state index in [2.05, 4.69) is 20.9 Å². The van der Waals surface area contributed by atoms with Gasteiger partial charge < -0.3 is 0 Å². The van der Waals surface area contributed by atoms with Crippen molar-refractivity contribution < 1.29 is 4.79 Å². The van der Waals surface area contributed by atoms with Gasteiger partial charge in [0.2, 0.25) is 5.16 Å². The lowest BCUT2D eigenvalue weighted by molar-refractivity contribution is 0.0977. The summed E-state index contributed by atoms with van der Waals surface area (Å²) in [4.78, 5) is 12.2. The molecule has 2 aromatic carbocycles. The number of halogens is 1. The van der Waals surface area contributed by atoms with Crippen molar-refractivity contribution in [1.82, 2.24) is 20.2 Å². The lowest BCUT2D eigenvalue weighted by Crippen LogP contribution is -2.38. The maximum atomic E-state index is 12.2. The monoisotopic (exact) mass is 417 g/mol. The molecule has 9 heteroatoms. The molecule has 0 radical (unpaired) electrons. The van der Waals surface area contributed by atoms with E-state index in [4.69, 9.17) is 23.8 Å². The zero-order valence-corrected chi connectivity index (χ0v) is 16.7. The van der Waals surface area contributed by atoms with Gasteiger partial charge in [0, 0.05) is 16.3 Å². The average Bonchev–Trinajstić information content (AvgIpc) is 3.01. The predicted molar refractivity (Wildman–Crippen MR) is 112 cm³/mol. The Morgan fingerprint density at radius 3 is 2.56 bits per heavy atom. The van der Waals surface area contributed by atoms with Crippen LogP contribution in [0.5, 0.6) is 0 Å². The van der Waals surface area contributed by atoms with Gasteiger partial charge in [-0.15, -0.1) is 10.2 Å². The fraction of sp³-hybridized carbons (Fsp3) is 0.111. The van der Waals surface area contributed by atoms with Crippen molar-refractivity contribution in [3.8, 4) is 0 Å². The maximum Gasteiger partial charge on any atom is 0.257 e. The van der Waals surface area contributed by atoms with E-state index < -0.39 is 0 Å². The van der Waals surface area contributed by atoms with Crippen LogP contribution in [0.1, 0.15) is 21.7 Å². The van der Waals surface area contributed by atoms with Crippen LogP contribution in [0.3, 0.4) is 0 Å². The van der Waals surface area contributed by atoms with Crippen molar-refractivity contribution in [3.05, 3.63) is 76.6 Å². The van der Waals surface area contributed by atoms with Crippen LogP contribution in [-0.4, -0.2) is 25.9 Å². The molecule has 1 amide bonds. The van der Waals surface area contributed by atoms with Gasteiger partial charge in [-0.1, -0.05) is 53.7 Å². The highest BCUT2D eigenvalue weighted by atomic mass is 35.5. The van der Waals surface area contributed by atoms with E-state index in [0.717, 1.165) is 5.75 Å². The molecule has 1 aromatic heterocycles. The van der Waals surface area contributed by atoms with Gasteiger partial charge >= 0.3 is 0 Å². The molecule has 3 rings (SSSR count). The minimum absolute atomic E-state index is 0.152. The first-order chi connectivity index (χ1) is 13.0. The van der Waals surface area contributed by atoms with Crippen LogP contribution in [0.4, 0.5) is 0 Å². The summed E-state index contributed by atoms with van der Waals surface area (Å²) in [7, 11) is 0. The molecule has 0 saturated heterocycles. The van der Waals surface area contributed by atoms with Gasteiger partial charge in [0.25, 0.3) is 5.91 Å². The molecule has 1 heterocycles. The molecule has 27 heavy (non-hydrogen) atoms. The zero-order chi connectivity index (χ0) is 19.2. The first-order valence-corrected chi connectivity index (χ1v) is 9.77. The number of hydrogen-bond acceptors (Lipinski definition) is 5. The number of aryl methyl sites for hydroxylation is 1. The van der Waals surface area contributed by atoms with Crippen LogP contribution >= 0.6 is 35.6 Å². The van der Waals surface area contributed by atoms with Gasteiger partial charge in [-0.3, -0.25) is 15.5 Å². The van der Waals surface area contributed by atoms with Crippen LogP contribution in [0.15, 0.2) is 59.8 Å². The highest BCUT2D eigenvalue weighted by molar-refractivity contribution is 7.98. The molecule has 0 aliphatic heterocycles. The van der Waals surface area contributed by atoms with Gasteiger partial charge in [-0.25, -0.2) is 4.68 Å². The van der Waals surface area contributed by atoms with Crippen molar-refractivity contribution in [2.24, 2.45) is 0 Å². The molecule has 0 aliphatic carbocycles. The molecule has 2 N–H and O–H groups in total. The second-order valence-corrected chi connectivity index (χ2v) is 7.33. The lowest BCUT2D eigenvalue weighted by atomic mass is 10.2. The Labute approximate surface area is 171 Å². The normalized spacial score (nSPS) is 10.4. The Hall–Kier alpha value is -2.42. The van der Waals surface area contributed by atoms with Crippen molar-refractivity contribution >= 4 is 46.6 Å². The number of thiocarbonyl (C=S) groups is 1. The molecule has 138 valence electrons. The van der Waals surface area contributed by atoms with E-state index in [1.807, 2.05) is 30.3 Å². The summed E-state index contributed by atoms with van der Waals surface area (Å²) in [5.41, 5.74) is 4.59. The molecule has 0 fully saturated rings. The second-order valence-electron chi connectivity index (χ2n) is 5.54. The topological polar surface area (TPSA) is 71.8 Å². The predicted octanol–water partition coefficient (Wildman–Crippen LogP) is 3.79. The number of thioether (sulfide) groups is 1. The summed E-state index contributed by atoms with van der Waals surface area (Å²) in [5.74, 6) is 1.05. The van der Waals surface area contributed by atoms with Crippen molar-refractivity contribution in [1.29, 1.82) is 0 Å². The Bertz CT molecular complexity index is 944. The highest BCUT2D eigenvalue weighted by Gasteiger charge is 2.13. The van der Waals surface area contributed by atoms with Crippen molar-refractivity contribution in [2.75, 3.05) is 5.43 Å². The third-order valence-corrected chi connectivity index (χ3v) is 5.00. The van der Waals surface area contributed by atoms with Crippen LogP contribution < -0.4 is 10.7 Å². The number of benzene rings is 2. The summed E-state index contributed by atoms with van der Waals surface area (Å²) in [6, 6.07) is 16.6. The van der Waals surface area contributed by atoms with Crippen LogP contribution in [0, 0.1) is 6.92 Å². The first kappa shape index (κ1) is 19.3. The lowest BCUT2D eigenvalue weighted by Gasteiger charge is -2.13. The van der Waals surface area contributed by atoms with E-state index in [1.54, 1.807) is 35.9 Å². The number of hydrogen-bond donors (Lipinski definition) is 2. The quantitative estimate of drug-likeness (QED) is 0.486. The third kappa shape index (κ3) is 5.29. The average molecular weight is 418 g/mol. The molecule has 0 unspecified atom stereocenters. The standard InChI is InChI=1S/C18H16ClN5OS2/c1-12-21-22-18(27-11-13-5-3-2-4-6-13)24(12)23-17(26)20-16(25)14-7-9-15(19)10-8-14/h2-10H,11H2,1H3,(H2,20,23,25,26). The molecule has 0 atom stereocenters. The molecular weight excluding hydrogens is 402 g/mol. The van der Waals surface area contributed by atoms with Gasteiger partial charge in [-0.2, -0.15) is 0 Å². The maximum absolute atomic E-state index is 12.2. The molecule has 0 spiro atoms. The van der Waals surface area contributed by atoms with E-state index >= 15 is 0 Å². The highest BCUT2D eigenvalue weighted by Crippen LogP contribution is 2.20. The van der Waals surface area contributed by atoms with Crippen LogP contribution in [0.2, 0.25) is 5.02 Å². The SMILES string of the molecule is Cc1nnc(SCc2ccccc2)n1NC(=S)NC(=O)c1ccc(Cl)cc1. The number of aromatic nitrogens is 3. The summed E-state index contributed by atoms with van der Waals surface area (Å²) in [6.45, 7) is 1.80. The number of carbonyl (C=O) groups is 1. The smallest absolute Gasteiger partial charge is 0.257 e. The summed E-state index contributed by atoms with van der Waals surface area (Å²) >= 11 is 12.6. The van der Waals surface area contributed by atoms with E-state index in [-0.39, 0.29) is 11.0 Å². The first-order valence-electron chi connectivity index (χ1n) is 7.99. The minimum Gasteiger partial charge on any atom is -0.298 e. The minimum atomic E-state index is -0.326. The summed E-state index contributed by atoms with van der Waals surface area (Å²) in [5, 5.41) is 12.2. The molecule has 3 aromatic rings. The zero-order valence-electron chi connectivity index (χ0n) is 14.3.